The molecule has 154 valence electrons. The number of hydrogen-bond donors (Lipinski definition) is 2. The number of ketones is 1. The third kappa shape index (κ3) is 14.3. The molecule has 0 spiro atoms. The lowest BCUT2D eigenvalue weighted by molar-refractivity contribution is -0.159. The molecule has 0 aliphatic rings. The first-order valence-corrected chi connectivity index (χ1v) is 10.5. The Morgan fingerprint density at radius 3 is 1.62 bits per heavy atom. The Morgan fingerprint density at radius 2 is 1.23 bits per heavy atom. The van der Waals surface area contributed by atoms with Crippen molar-refractivity contribution in [2.45, 2.75) is 116 Å². The zero-order valence-electron chi connectivity index (χ0n) is 16.9. The van der Waals surface area contributed by atoms with E-state index in [0.717, 1.165) is 19.3 Å². The van der Waals surface area contributed by atoms with Gasteiger partial charge in [-0.15, -0.1) is 0 Å². The van der Waals surface area contributed by atoms with Gasteiger partial charge in [0.2, 0.25) is 0 Å². The minimum absolute atomic E-state index is 0.261. The predicted molar refractivity (Wildman–Crippen MR) is 104 cm³/mol. The van der Waals surface area contributed by atoms with Crippen molar-refractivity contribution in [3.63, 3.8) is 0 Å². The SMILES string of the molecule is CCCCCCCCCCCCCCCC(=O)C(O)C(CO)OC(C)=O. The van der Waals surface area contributed by atoms with E-state index in [-0.39, 0.29) is 12.2 Å². The van der Waals surface area contributed by atoms with E-state index in [2.05, 4.69) is 6.92 Å². The highest BCUT2D eigenvalue weighted by atomic mass is 16.6. The number of carbonyl (C=O) groups excluding carboxylic acids is 2. The summed E-state index contributed by atoms with van der Waals surface area (Å²) in [4.78, 5) is 22.7. The van der Waals surface area contributed by atoms with Crippen LogP contribution in [0.3, 0.4) is 0 Å². The molecule has 2 N–H and O–H groups in total. The molecule has 0 fully saturated rings. The van der Waals surface area contributed by atoms with Gasteiger partial charge in [0.05, 0.1) is 6.61 Å². The van der Waals surface area contributed by atoms with E-state index in [4.69, 9.17) is 9.84 Å². The number of hydrogen-bond acceptors (Lipinski definition) is 5. The fraction of sp³-hybridized carbons (Fsp3) is 0.905. The third-order valence-electron chi connectivity index (χ3n) is 4.71. The lowest BCUT2D eigenvalue weighted by atomic mass is 10.0. The molecule has 0 saturated heterocycles. The Kier molecular flexibility index (Phi) is 16.8. The summed E-state index contributed by atoms with van der Waals surface area (Å²) in [5, 5.41) is 18.9. The van der Waals surface area contributed by atoms with Gasteiger partial charge >= 0.3 is 5.97 Å². The first kappa shape index (κ1) is 25.1. The van der Waals surface area contributed by atoms with Crippen LogP contribution in [0.4, 0.5) is 0 Å². The molecule has 0 saturated carbocycles. The largest absolute Gasteiger partial charge is 0.457 e. The number of aliphatic hydroxyl groups excluding tert-OH is 2. The number of carbonyl (C=O) groups is 2. The summed E-state index contributed by atoms with van der Waals surface area (Å²) in [5.74, 6) is -0.981. The maximum atomic E-state index is 11.9. The molecule has 0 radical (unpaired) electrons. The van der Waals surface area contributed by atoms with Crippen LogP contribution in [0.5, 0.6) is 0 Å². The molecule has 0 heterocycles. The molecule has 26 heavy (non-hydrogen) atoms. The van der Waals surface area contributed by atoms with Gasteiger partial charge in [-0.1, -0.05) is 84.0 Å². The average Bonchev–Trinajstić information content (AvgIpc) is 2.62. The first-order chi connectivity index (χ1) is 12.5. The smallest absolute Gasteiger partial charge is 0.303 e. The molecule has 5 nitrogen and oxygen atoms in total. The Labute approximate surface area is 159 Å². The Hall–Kier alpha value is -0.940. The molecule has 0 aromatic rings. The highest BCUT2D eigenvalue weighted by Crippen LogP contribution is 2.14. The standard InChI is InChI=1S/C21H40O5/c1-3-4-5-6-7-8-9-10-11-12-13-14-15-16-19(24)21(25)20(17-22)26-18(2)23/h20-22,25H,3-17H2,1-2H3. The Balaban J connectivity index is 3.51. The van der Waals surface area contributed by atoms with Gasteiger partial charge in [0.25, 0.3) is 0 Å². The summed E-state index contributed by atoms with van der Waals surface area (Å²) in [6.07, 6.45) is 13.7. The van der Waals surface area contributed by atoms with E-state index >= 15 is 0 Å². The van der Waals surface area contributed by atoms with E-state index in [9.17, 15) is 14.7 Å². The summed E-state index contributed by atoms with van der Waals surface area (Å²) >= 11 is 0. The zero-order valence-corrected chi connectivity index (χ0v) is 16.9. The number of rotatable bonds is 18. The predicted octanol–water partition coefficient (Wildman–Crippen LogP) is 4.32. The molecule has 0 aromatic heterocycles. The molecule has 0 bridgehead atoms. The summed E-state index contributed by atoms with van der Waals surface area (Å²) in [5.41, 5.74) is 0. The minimum atomic E-state index is -1.43. The quantitative estimate of drug-likeness (QED) is 0.276. The molecule has 0 amide bonds. The van der Waals surface area contributed by atoms with Crippen molar-refractivity contribution >= 4 is 11.8 Å². The van der Waals surface area contributed by atoms with E-state index in [1.54, 1.807) is 0 Å². The normalized spacial score (nSPS) is 13.4. The minimum Gasteiger partial charge on any atom is -0.457 e. The maximum absolute atomic E-state index is 11.9. The molecule has 2 unspecified atom stereocenters. The second-order valence-corrected chi connectivity index (χ2v) is 7.23. The van der Waals surface area contributed by atoms with Crippen LogP contribution in [0.15, 0.2) is 0 Å². The van der Waals surface area contributed by atoms with Crippen LogP contribution in [-0.2, 0) is 14.3 Å². The summed E-state index contributed by atoms with van der Waals surface area (Å²) < 4.78 is 4.74. The second kappa shape index (κ2) is 17.5. The highest BCUT2D eigenvalue weighted by Gasteiger charge is 2.27. The number of Topliss-reactive ketones (excluding diaryl/α,β-unsaturated/α-hetero) is 1. The van der Waals surface area contributed by atoms with Crippen molar-refractivity contribution in [1.82, 2.24) is 0 Å². The monoisotopic (exact) mass is 372 g/mol. The van der Waals surface area contributed by atoms with Crippen molar-refractivity contribution in [2.75, 3.05) is 6.61 Å². The number of ether oxygens (including phenoxy) is 1. The van der Waals surface area contributed by atoms with Crippen LogP contribution in [0.25, 0.3) is 0 Å². The van der Waals surface area contributed by atoms with Crippen LogP contribution >= 0.6 is 0 Å². The topological polar surface area (TPSA) is 83.8 Å². The van der Waals surface area contributed by atoms with Crippen LogP contribution in [0, 0.1) is 0 Å². The van der Waals surface area contributed by atoms with Crippen LogP contribution in [0.1, 0.15) is 104 Å². The van der Waals surface area contributed by atoms with Crippen molar-refractivity contribution in [3.05, 3.63) is 0 Å². The van der Waals surface area contributed by atoms with Gasteiger partial charge in [-0.25, -0.2) is 0 Å². The zero-order chi connectivity index (χ0) is 19.6. The highest BCUT2D eigenvalue weighted by molar-refractivity contribution is 5.83. The van der Waals surface area contributed by atoms with Gasteiger partial charge in [0.15, 0.2) is 18.0 Å². The maximum Gasteiger partial charge on any atom is 0.303 e. The van der Waals surface area contributed by atoms with Crippen molar-refractivity contribution in [3.8, 4) is 0 Å². The van der Waals surface area contributed by atoms with E-state index in [1.165, 1.54) is 71.1 Å². The average molecular weight is 373 g/mol. The Morgan fingerprint density at radius 1 is 0.808 bits per heavy atom. The third-order valence-corrected chi connectivity index (χ3v) is 4.71. The molecule has 2 atom stereocenters. The van der Waals surface area contributed by atoms with Gasteiger partial charge in [0, 0.05) is 13.3 Å². The molecule has 0 rings (SSSR count). The molecular formula is C21H40O5. The fourth-order valence-electron chi connectivity index (χ4n) is 3.09. The van der Waals surface area contributed by atoms with Crippen molar-refractivity contribution < 1.29 is 24.5 Å². The van der Waals surface area contributed by atoms with Crippen molar-refractivity contribution in [2.24, 2.45) is 0 Å². The van der Waals surface area contributed by atoms with Gasteiger partial charge in [-0.3, -0.25) is 9.59 Å². The van der Waals surface area contributed by atoms with Gasteiger partial charge in [-0.05, 0) is 6.42 Å². The van der Waals surface area contributed by atoms with Crippen LogP contribution < -0.4 is 0 Å². The summed E-state index contributed by atoms with van der Waals surface area (Å²) in [6, 6.07) is 0. The number of esters is 1. The second-order valence-electron chi connectivity index (χ2n) is 7.23. The first-order valence-electron chi connectivity index (χ1n) is 10.5. The molecule has 5 heteroatoms. The van der Waals surface area contributed by atoms with E-state index in [0.29, 0.717) is 0 Å². The summed E-state index contributed by atoms with van der Waals surface area (Å²) in [7, 11) is 0. The molecule has 0 aliphatic heterocycles. The lowest BCUT2D eigenvalue weighted by Crippen LogP contribution is -2.39. The van der Waals surface area contributed by atoms with E-state index in [1.807, 2.05) is 0 Å². The summed E-state index contributed by atoms with van der Waals surface area (Å²) in [6.45, 7) is 2.88. The Bertz CT molecular complexity index is 356. The molecular weight excluding hydrogens is 332 g/mol. The lowest BCUT2D eigenvalue weighted by Gasteiger charge is -2.19. The van der Waals surface area contributed by atoms with Crippen LogP contribution in [0.2, 0.25) is 0 Å². The fourth-order valence-corrected chi connectivity index (χ4v) is 3.09. The number of unbranched alkanes of at least 4 members (excludes halogenated alkanes) is 12. The molecule has 0 aliphatic carbocycles. The molecule has 0 aromatic carbocycles. The van der Waals surface area contributed by atoms with Crippen molar-refractivity contribution in [1.29, 1.82) is 0 Å². The van der Waals surface area contributed by atoms with Gasteiger partial charge in [-0.2, -0.15) is 0 Å². The van der Waals surface area contributed by atoms with Gasteiger partial charge < -0.3 is 14.9 Å². The number of aliphatic hydroxyl groups is 2. The van der Waals surface area contributed by atoms with E-state index < -0.39 is 24.8 Å². The van der Waals surface area contributed by atoms with Crippen LogP contribution in [-0.4, -0.2) is 40.8 Å². The van der Waals surface area contributed by atoms with Gasteiger partial charge in [0.1, 0.15) is 0 Å².